The standard InChI is InChI=1S/C55H35N3O3/c1-4-16-36(17-5-1)37-30-32-40(33-31-37)57(47-26-14-24-44-42-22-10-12-28-50(42)59-52(44)47)41-34-46-54(61-55(56-46)38-18-6-2-7-19-38)49(35-41)58(39-20-8-3-9-21-39)48-27-15-25-45-43-23-11-13-29-51(43)60-53(45)48/h1-35H. The van der Waals surface area contributed by atoms with E-state index in [0.29, 0.717) is 17.0 Å². The molecule has 0 atom stereocenters. The van der Waals surface area contributed by atoms with Crippen molar-refractivity contribution in [3.8, 4) is 22.6 Å². The van der Waals surface area contributed by atoms with Crippen LogP contribution in [0.25, 0.3) is 77.6 Å². The molecule has 0 fully saturated rings. The summed E-state index contributed by atoms with van der Waals surface area (Å²) in [6.07, 6.45) is 0. The fourth-order valence-electron chi connectivity index (χ4n) is 8.66. The zero-order valence-corrected chi connectivity index (χ0v) is 32.8. The van der Waals surface area contributed by atoms with E-state index in [4.69, 9.17) is 18.2 Å². The molecule has 0 amide bonds. The summed E-state index contributed by atoms with van der Waals surface area (Å²) in [4.78, 5) is 9.72. The Hall–Kier alpha value is -8.35. The monoisotopic (exact) mass is 785 g/mol. The van der Waals surface area contributed by atoms with Crippen LogP contribution in [-0.4, -0.2) is 4.98 Å². The molecule has 0 aliphatic carbocycles. The van der Waals surface area contributed by atoms with Gasteiger partial charge in [-0.2, -0.15) is 0 Å². The number of aromatic nitrogens is 1. The SMILES string of the molecule is c1ccc(-c2ccc(N(c3cc(N(c4ccccc4)c4cccc5c4oc4ccccc45)c4oc(-c5ccccc5)nc4c3)c3cccc4c3oc3ccccc34)cc2)cc1. The lowest BCUT2D eigenvalue weighted by Crippen LogP contribution is -2.14. The van der Waals surface area contributed by atoms with Crippen LogP contribution in [0, 0.1) is 0 Å². The number of anilines is 6. The van der Waals surface area contributed by atoms with Gasteiger partial charge in [-0.1, -0.05) is 140 Å². The molecule has 288 valence electrons. The Kier molecular flexibility index (Phi) is 8.06. The van der Waals surface area contributed by atoms with E-state index in [2.05, 4.69) is 155 Å². The van der Waals surface area contributed by atoms with Gasteiger partial charge < -0.3 is 23.1 Å². The van der Waals surface area contributed by atoms with Gasteiger partial charge in [0.2, 0.25) is 5.89 Å². The molecule has 0 N–H and O–H groups in total. The quantitative estimate of drug-likeness (QED) is 0.153. The summed E-state index contributed by atoms with van der Waals surface area (Å²) in [5.74, 6) is 0.530. The van der Waals surface area contributed by atoms with Crippen LogP contribution in [0.5, 0.6) is 0 Å². The smallest absolute Gasteiger partial charge is 0.227 e. The van der Waals surface area contributed by atoms with Gasteiger partial charge in [0.15, 0.2) is 16.7 Å². The summed E-state index contributed by atoms with van der Waals surface area (Å²) < 4.78 is 20.3. The molecule has 61 heavy (non-hydrogen) atoms. The third-order valence-electron chi connectivity index (χ3n) is 11.5. The first kappa shape index (κ1) is 34.7. The molecule has 0 unspecified atom stereocenters. The van der Waals surface area contributed by atoms with Crippen molar-refractivity contribution in [3.63, 3.8) is 0 Å². The van der Waals surface area contributed by atoms with Gasteiger partial charge in [0.1, 0.15) is 16.7 Å². The van der Waals surface area contributed by atoms with Gasteiger partial charge in [-0.25, -0.2) is 4.98 Å². The number of para-hydroxylation sites is 5. The number of fused-ring (bicyclic) bond motifs is 7. The zero-order chi connectivity index (χ0) is 40.3. The summed E-state index contributed by atoms with van der Waals surface area (Å²) in [5.41, 5.74) is 13.0. The maximum Gasteiger partial charge on any atom is 0.227 e. The van der Waals surface area contributed by atoms with Gasteiger partial charge in [0, 0.05) is 38.5 Å². The summed E-state index contributed by atoms with van der Waals surface area (Å²) in [6, 6.07) is 73.0. The topological polar surface area (TPSA) is 58.8 Å². The molecular weight excluding hydrogens is 751 g/mol. The van der Waals surface area contributed by atoms with E-state index >= 15 is 0 Å². The van der Waals surface area contributed by atoms with E-state index < -0.39 is 0 Å². The predicted molar refractivity (Wildman–Crippen MR) is 249 cm³/mol. The van der Waals surface area contributed by atoms with Crippen LogP contribution in [0.2, 0.25) is 0 Å². The highest BCUT2D eigenvalue weighted by molar-refractivity contribution is 6.13. The lowest BCUT2D eigenvalue weighted by molar-refractivity contribution is 0.620. The number of hydrogen-bond donors (Lipinski definition) is 0. The molecule has 0 bridgehead atoms. The van der Waals surface area contributed by atoms with Gasteiger partial charge in [-0.05, 0) is 83.9 Å². The van der Waals surface area contributed by atoms with Gasteiger partial charge in [-0.15, -0.1) is 0 Å². The molecule has 3 heterocycles. The minimum Gasteiger partial charge on any atom is -0.454 e. The van der Waals surface area contributed by atoms with Crippen LogP contribution in [0.1, 0.15) is 0 Å². The predicted octanol–water partition coefficient (Wildman–Crippen LogP) is 15.9. The Morgan fingerprint density at radius 1 is 0.311 bits per heavy atom. The van der Waals surface area contributed by atoms with Gasteiger partial charge in [0.05, 0.1) is 22.7 Å². The van der Waals surface area contributed by atoms with Crippen molar-refractivity contribution in [1.82, 2.24) is 4.98 Å². The molecule has 0 spiro atoms. The Morgan fingerprint density at radius 2 is 0.803 bits per heavy atom. The Morgan fingerprint density at radius 3 is 1.43 bits per heavy atom. The molecule has 12 aromatic rings. The van der Waals surface area contributed by atoms with Crippen LogP contribution in [0.4, 0.5) is 34.1 Å². The first-order valence-electron chi connectivity index (χ1n) is 20.4. The minimum absolute atomic E-state index is 0.530. The highest BCUT2D eigenvalue weighted by Crippen LogP contribution is 2.49. The van der Waals surface area contributed by atoms with Crippen molar-refractivity contribution in [2.75, 3.05) is 9.80 Å². The molecular formula is C55H35N3O3. The Labute approximate surface area is 350 Å². The molecule has 0 aliphatic heterocycles. The third kappa shape index (κ3) is 5.84. The van der Waals surface area contributed by atoms with E-state index in [9.17, 15) is 0 Å². The van der Waals surface area contributed by atoms with Crippen molar-refractivity contribution in [1.29, 1.82) is 0 Å². The molecule has 0 saturated heterocycles. The van der Waals surface area contributed by atoms with Crippen molar-refractivity contribution < 1.29 is 13.3 Å². The number of furan rings is 2. The number of benzene rings is 9. The third-order valence-corrected chi connectivity index (χ3v) is 11.5. The molecule has 0 saturated carbocycles. The molecule has 6 heteroatoms. The van der Waals surface area contributed by atoms with Crippen molar-refractivity contribution in [2.24, 2.45) is 0 Å². The average molecular weight is 786 g/mol. The van der Waals surface area contributed by atoms with Crippen molar-refractivity contribution in [2.45, 2.75) is 0 Å². The fraction of sp³-hybridized carbons (Fsp3) is 0. The molecule has 9 aromatic carbocycles. The fourth-order valence-corrected chi connectivity index (χ4v) is 8.66. The van der Waals surface area contributed by atoms with Crippen molar-refractivity contribution >= 4 is 89.1 Å². The van der Waals surface area contributed by atoms with Gasteiger partial charge >= 0.3 is 0 Å². The maximum absolute atomic E-state index is 6.88. The van der Waals surface area contributed by atoms with Crippen LogP contribution >= 0.6 is 0 Å². The molecule has 0 radical (unpaired) electrons. The minimum atomic E-state index is 0.530. The highest BCUT2D eigenvalue weighted by Gasteiger charge is 2.27. The summed E-state index contributed by atoms with van der Waals surface area (Å²) in [5, 5.41) is 4.19. The van der Waals surface area contributed by atoms with Crippen molar-refractivity contribution in [3.05, 3.63) is 212 Å². The first-order valence-corrected chi connectivity index (χ1v) is 20.4. The van der Waals surface area contributed by atoms with Crippen LogP contribution in [0.3, 0.4) is 0 Å². The van der Waals surface area contributed by atoms with E-state index in [1.807, 2.05) is 66.7 Å². The lowest BCUT2D eigenvalue weighted by Gasteiger charge is -2.29. The second kappa shape index (κ2) is 14.2. The number of hydrogen-bond acceptors (Lipinski definition) is 6. The normalized spacial score (nSPS) is 11.6. The second-order valence-electron chi connectivity index (χ2n) is 15.1. The van der Waals surface area contributed by atoms with E-state index in [1.165, 1.54) is 0 Å². The van der Waals surface area contributed by atoms with E-state index in [1.54, 1.807) is 0 Å². The molecule has 6 nitrogen and oxygen atoms in total. The molecule has 0 aliphatic rings. The zero-order valence-electron chi connectivity index (χ0n) is 32.8. The van der Waals surface area contributed by atoms with Crippen LogP contribution < -0.4 is 9.80 Å². The van der Waals surface area contributed by atoms with Crippen LogP contribution in [-0.2, 0) is 0 Å². The molecule has 3 aromatic heterocycles. The Balaban J connectivity index is 1.16. The molecule has 12 rings (SSSR count). The van der Waals surface area contributed by atoms with E-state index in [0.717, 1.165) is 94.7 Å². The summed E-state index contributed by atoms with van der Waals surface area (Å²) >= 11 is 0. The lowest BCUT2D eigenvalue weighted by atomic mass is 10.0. The van der Waals surface area contributed by atoms with Gasteiger partial charge in [0.25, 0.3) is 0 Å². The largest absolute Gasteiger partial charge is 0.454 e. The number of rotatable bonds is 8. The van der Waals surface area contributed by atoms with Gasteiger partial charge in [-0.3, -0.25) is 0 Å². The first-order chi connectivity index (χ1) is 30.2. The van der Waals surface area contributed by atoms with E-state index in [-0.39, 0.29) is 0 Å². The van der Waals surface area contributed by atoms with Crippen LogP contribution in [0.15, 0.2) is 226 Å². The highest BCUT2D eigenvalue weighted by atomic mass is 16.4. The number of oxazole rings is 1. The average Bonchev–Trinajstić information content (AvgIpc) is 4.05. The summed E-state index contributed by atoms with van der Waals surface area (Å²) in [6.45, 7) is 0. The Bertz CT molecular complexity index is 3540. The summed E-state index contributed by atoms with van der Waals surface area (Å²) in [7, 11) is 0. The second-order valence-corrected chi connectivity index (χ2v) is 15.1. The number of nitrogens with zero attached hydrogens (tertiary/aromatic N) is 3. The maximum atomic E-state index is 6.88.